The molecular formula is C9H15F3N2. The molecule has 14 heavy (non-hydrogen) atoms. The Morgan fingerprint density at radius 2 is 1.64 bits per heavy atom. The third-order valence-corrected chi connectivity index (χ3v) is 1.58. The van der Waals surface area contributed by atoms with Gasteiger partial charge in [-0.15, -0.1) is 0 Å². The molecule has 1 rings (SSSR count). The quantitative estimate of drug-likeness (QED) is 0.692. The van der Waals surface area contributed by atoms with Crippen LogP contribution in [0, 0.1) is 0 Å². The summed E-state index contributed by atoms with van der Waals surface area (Å²) in [6.07, 6.45) is -1.65. The summed E-state index contributed by atoms with van der Waals surface area (Å²) < 4.78 is 36.6. The van der Waals surface area contributed by atoms with Gasteiger partial charge in [0.2, 0.25) is 0 Å². The van der Waals surface area contributed by atoms with Gasteiger partial charge in [0.25, 0.3) is 0 Å². The first kappa shape index (κ1) is 12.9. The summed E-state index contributed by atoms with van der Waals surface area (Å²) in [7, 11) is 0. The van der Waals surface area contributed by atoms with E-state index in [9.17, 15) is 13.2 Å². The van der Waals surface area contributed by atoms with Crippen molar-refractivity contribution in [3.05, 3.63) is 23.5 Å². The minimum atomic E-state index is -4.27. The second-order valence-electron chi connectivity index (χ2n) is 2.37. The average molecular weight is 208 g/mol. The normalized spacial score (nSPS) is 15.3. The summed E-state index contributed by atoms with van der Waals surface area (Å²) in [6, 6.07) is 0. The third-order valence-electron chi connectivity index (χ3n) is 1.58. The minimum absolute atomic E-state index is 0.265. The van der Waals surface area contributed by atoms with E-state index in [1.54, 1.807) is 6.92 Å². The van der Waals surface area contributed by atoms with Crippen molar-refractivity contribution in [3.63, 3.8) is 0 Å². The number of hydrogen-bond donors (Lipinski definition) is 2. The number of alkyl halides is 3. The molecule has 0 spiro atoms. The van der Waals surface area contributed by atoms with Gasteiger partial charge in [-0.05, 0) is 12.0 Å². The molecule has 0 amide bonds. The zero-order chi connectivity index (χ0) is 11.2. The van der Waals surface area contributed by atoms with Gasteiger partial charge >= 0.3 is 6.18 Å². The molecule has 2 nitrogen and oxygen atoms in total. The van der Waals surface area contributed by atoms with Crippen LogP contribution in [-0.2, 0) is 0 Å². The van der Waals surface area contributed by atoms with Crippen molar-refractivity contribution in [1.29, 1.82) is 0 Å². The van der Waals surface area contributed by atoms with E-state index in [2.05, 4.69) is 10.9 Å². The van der Waals surface area contributed by atoms with Gasteiger partial charge in [-0.1, -0.05) is 20.8 Å². The maximum absolute atomic E-state index is 12.2. The Morgan fingerprint density at radius 1 is 1.14 bits per heavy atom. The molecule has 82 valence electrons. The summed E-state index contributed by atoms with van der Waals surface area (Å²) in [5, 5.41) is 0. The summed E-state index contributed by atoms with van der Waals surface area (Å²) in [4.78, 5) is 0. The molecule has 0 atom stereocenters. The van der Waals surface area contributed by atoms with E-state index in [4.69, 9.17) is 0 Å². The Morgan fingerprint density at radius 3 is 2.00 bits per heavy atom. The highest BCUT2D eigenvalue weighted by molar-refractivity contribution is 5.35. The molecule has 0 bridgehead atoms. The average Bonchev–Trinajstić information content (AvgIpc) is 2.19. The topological polar surface area (TPSA) is 24.1 Å². The van der Waals surface area contributed by atoms with Crippen molar-refractivity contribution in [2.24, 2.45) is 0 Å². The van der Waals surface area contributed by atoms with E-state index in [0.717, 1.165) is 6.20 Å². The van der Waals surface area contributed by atoms with Gasteiger partial charge in [0.15, 0.2) is 0 Å². The SMILES string of the molecule is CC.CCC1=CNNC=C1C(F)(F)F. The van der Waals surface area contributed by atoms with Crippen LogP contribution in [0.25, 0.3) is 0 Å². The number of hydrogen-bond acceptors (Lipinski definition) is 2. The lowest BCUT2D eigenvalue weighted by molar-refractivity contribution is -0.0903. The van der Waals surface area contributed by atoms with Gasteiger partial charge in [-0.25, -0.2) is 0 Å². The van der Waals surface area contributed by atoms with Crippen molar-refractivity contribution in [3.8, 4) is 0 Å². The number of rotatable bonds is 1. The molecule has 0 aromatic carbocycles. The Hall–Kier alpha value is -1.13. The first-order valence-corrected chi connectivity index (χ1v) is 4.53. The zero-order valence-corrected chi connectivity index (χ0v) is 8.50. The van der Waals surface area contributed by atoms with Gasteiger partial charge in [0, 0.05) is 12.4 Å². The molecule has 0 aromatic heterocycles. The van der Waals surface area contributed by atoms with Gasteiger partial charge in [0.1, 0.15) is 0 Å². The van der Waals surface area contributed by atoms with Gasteiger partial charge in [0.05, 0.1) is 5.57 Å². The van der Waals surface area contributed by atoms with Crippen LogP contribution in [-0.4, -0.2) is 6.18 Å². The molecule has 5 heteroatoms. The Bertz CT molecular complexity index is 229. The van der Waals surface area contributed by atoms with Gasteiger partial charge < -0.3 is 10.9 Å². The lowest BCUT2D eigenvalue weighted by atomic mass is 10.1. The van der Waals surface area contributed by atoms with Crippen LogP contribution in [0.4, 0.5) is 13.2 Å². The Labute approximate surface area is 81.8 Å². The van der Waals surface area contributed by atoms with Crippen LogP contribution in [0.1, 0.15) is 27.2 Å². The van der Waals surface area contributed by atoms with Crippen molar-refractivity contribution < 1.29 is 13.2 Å². The van der Waals surface area contributed by atoms with E-state index in [1.807, 2.05) is 13.8 Å². The van der Waals surface area contributed by atoms with E-state index >= 15 is 0 Å². The smallest absolute Gasteiger partial charge is 0.308 e. The summed E-state index contributed by atoms with van der Waals surface area (Å²) in [5.74, 6) is 0. The molecule has 0 unspecified atom stereocenters. The molecule has 0 saturated carbocycles. The maximum atomic E-state index is 12.2. The molecule has 0 saturated heterocycles. The van der Waals surface area contributed by atoms with Crippen molar-refractivity contribution in [1.82, 2.24) is 10.9 Å². The first-order valence-electron chi connectivity index (χ1n) is 4.53. The van der Waals surface area contributed by atoms with Crippen LogP contribution >= 0.6 is 0 Å². The van der Waals surface area contributed by atoms with E-state index in [1.165, 1.54) is 6.20 Å². The molecule has 0 aliphatic carbocycles. The second-order valence-corrected chi connectivity index (χ2v) is 2.37. The fourth-order valence-corrected chi connectivity index (χ4v) is 0.969. The number of halogens is 3. The second kappa shape index (κ2) is 5.57. The fourth-order valence-electron chi connectivity index (χ4n) is 0.969. The summed E-state index contributed by atoms with van der Waals surface area (Å²) >= 11 is 0. The van der Waals surface area contributed by atoms with E-state index in [-0.39, 0.29) is 5.57 Å². The van der Waals surface area contributed by atoms with Gasteiger partial charge in [-0.2, -0.15) is 13.2 Å². The number of allylic oxidation sites excluding steroid dienone is 2. The van der Waals surface area contributed by atoms with Gasteiger partial charge in [-0.3, -0.25) is 0 Å². The minimum Gasteiger partial charge on any atom is -0.308 e. The molecule has 0 radical (unpaired) electrons. The van der Waals surface area contributed by atoms with E-state index < -0.39 is 11.7 Å². The Balaban J connectivity index is 0.000000791. The molecular weight excluding hydrogens is 193 g/mol. The first-order chi connectivity index (χ1) is 6.55. The standard InChI is InChI=1S/C7H9F3N2.C2H6/c1-2-5-3-11-12-4-6(5)7(8,9)10;1-2/h3-4,11-12H,2H2,1H3;1-2H3. The van der Waals surface area contributed by atoms with Crippen LogP contribution in [0.5, 0.6) is 0 Å². The molecule has 0 fully saturated rings. The molecule has 2 N–H and O–H groups in total. The summed E-state index contributed by atoms with van der Waals surface area (Å²) in [5.41, 5.74) is 4.45. The van der Waals surface area contributed by atoms with Crippen LogP contribution < -0.4 is 10.9 Å². The summed E-state index contributed by atoms with van der Waals surface area (Å²) in [6.45, 7) is 5.68. The lowest BCUT2D eigenvalue weighted by Gasteiger charge is -2.18. The predicted molar refractivity (Wildman–Crippen MR) is 50.1 cm³/mol. The molecule has 1 aliphatic rings. The van der Waals surface area contributed by atoms with Crippen molar-refractivity contribution in [2.45, 2.75) is 33.4 Å². The van der Waals surface area contributed by atoms with Crippen LogP contribution in [0.3, 0.4) is 0 Å². The van der Waals surface area contributed by atoms with Crippen molar-refractivity contribution >= 4 is 0 Å². The molecule has 1 heterocycles. The van der Waals surface area contributed by atoms with Crippen molar-refractivity contribution in [2.75, 3.05) is 0 Å². The monoisotopic (exact) mass is 208 g/mol. The largest absolute Gasteiger partial charge is 0.418 e. The van der Waals surface area contributed by atoms with E-state index in [0.29, 0.717) is 6.42 Å². The predicted octanol–water partition coefficient (Wildman–Crippen LogP) is 2.86. The van der Waals surface area contributed by atoms with Crippen LogP contribution in [0.2, 0.25) is 0 Å². The fraction of sp³-hybridized carbons (Fsp3) is 0.556. The number of nitrogens with one attached hydrogen (secondary N) is 2. The number of hydrazine groups is 1. The Kier molecular flexibility index (Phi) is 5.12. The third kappa shape index (κ3) is 3.32. The molecule has 1 aliphatic heterocycles. The maximum Gasteiger partial charge on any atom is 0.418 e. The highest BCUT2D eigenvalue weighted by atomic mass is 19.4. The zero-order valence-electron chi connectivity index (χ0n) is 8.50. The van der Waals surface area contributed by atoms with Crippen LogP contribution in [0.15, 0.2) is 23.5 Å². The highest BCUT2D eigenvalue weighted by Gasteiger charge is 2.36. The highest BCUT2D eigenvalue weighted by Crippen LogP contribution is 2.32. The lowest BCUT2D eigenvalue weighted by Crippen LogP contribution is -2.29. The molecule has 0 aromatic rings.